The Morgan fingerprint density at radius 3 is 3.17 bits per heavy atom. The lowest BCUT2D eigenvalue weighted by Gasteiger charge is -2.19. The molecule has 0 aromatic carbocycles. The number of carbonyl (C=O) groups is 1. The first-order valence-electron chi connectivity index (χ1n) is 8.94. The van der Waals surface area contributed by atoms with Gasteiger partial charge in [0.25, 0.3) is 0 Å². The first-order valence-corrected chi connectivity index (χ1v) is 9.75. The molecule has 0 aliphatic heterocycles. The number of hydrogen-bond acceptors (Lipinski definition) is 4. The Kier molecular flexibility index (Phi) is 4.35. The molecule has 3 atom stereocenters. The Morgan fingerprint density at radius 2 is 2.38 bits per heavy atom. The van der Waals surface area contributed by atoms with E-state index in [0.29, 0.717) is 5.92 Å². The number of amides is 1. The molecular formula is C19H23N3OS. The Bertz CT molecular complexity index is 727. The molecule has 24 heavy (non-hydrogen) atoms. The van der Waals surface area contributed by atoms with E-state index in [0.717, 1.165) is 30.3 Å². The van der Waals surface area contributed by atoms with Crippen LogP contribution >= 0.6 is 11.3 Å². The number of thiazole rings is 1. The predicted octanol–water partition coefficient (Wildman–Crippen LogP) is 4.19. The highest BCUT2D eigenvalue weighted by molar-refractivity contribution is 7.15. The molecule has 2 heterocycles. The van der Waals surface area contributed by atoms with E-state index in [1.165, 1.54) is 35.4 Å². The summed E-state index contributed by atoms with van der Waals surface area (Å²) in [5.41, 5.74) is 2.38. The Balaban J connectivity index is 1.38. The van der Waals surface area contributed by atoms with Crippen LogP contribution in [0.15, 0.2) is 24.5 Å². The lowest BCUT2D eigenvalue weighted by atomic mass is 9.88. The van der Waals surface area contributed by atoms with E-state index in [9.17, 15) is 4.79 Å². The lowest BCUT2D eigenvalue weighted by molar-refractivity contribution is -0.117. The van der Waals surface area contributed by atoms with Crippen molar-refractivity contribution >= 4 is 22.4 Å². The number of nitrogens with one attached hydrogen (secondary N) is 1. The molecule has 5 heteroatoms. The molecule has 4 rings (SSSR count). The van der Waals surface area contributed by atoms with E-state index in [4.69, 9.17) is 0 Å². The van der Waals surface area contributed by atoms with Gasteiger partial charge in [-0.25, -0.2) is 4.98 Å². The van der Waals surface area contributed by atoms with Crippen LogP contribution in [0.5, 0.6) is 0 Å². The Labute approximate surface area is 146 Å². The molecule has 0 radical (unpaired) electrons. The molecule has 4 nitrogen and oxygen atoms in total. The summed E-state index contributed by atoms with van der Waals surface area (Å²) >= 11 is 1.68. The van der Waals surface area contributed by atoms with Crippen molar-refractivity contribution in [3.63, 3.8) is 0 Å². The van der Waals surface area contributed by atoms with Crippen LogP contribution in [0.2, 0.25) is 0 Å². The summed E-state index contributed by atoms with van der Waals surface area (Å²) in [6, 6.07) is 3.99. The standard InChI is InChI=1S/C19H23N3OS/c1-2-4-12-6-7-16-17(9-12)24-19(21-16)22-18(23)15-10-14(15)13-5-3-8-20-11-13/h3,5,8,11-12,14-15H,2,4,6-7,9-10H2,1H3,(H,21,22,23)/t12-,14-,15+/m1/s1. The molecular weight excluding hydrogens is 318 g/mol. The van der Waals surface area contributed by atoms with E-state index in [-0.39, 0.29) is 11.8 Å². The molecule has 1 saturated carbocycles. The van der Waals surface area contributed by atoms with Gasteiger partial charge in [0.2, 0.25) is 5.91 Å². The summed E-state index contributed by atoms with van der Waals surface area (Å²) in [6.45, 7) is 2.25. The van der Waals surface area contributed by atoms with Crippen molar-refractivity contribution in [3.05, 3.63) is 40.7 Å². The van der Waals surface area contributed by atoms with Crippen LogP contribution in [0.4, 0.5) is 5.13 Å². The zero-order valence-electron chi connectivity index (χ0n) is 14.0. The maximum Gasteiger partial charge on any atom is 0.229 e. The first kappa shape index (κ1) is 15.8. The molecule has 1 amide bonds. The average Bonchev–Trinajstić information content (AvgIpc) is 3.30. The monoisotopic (exact) mass is 341 g/mol. The van der Waals surface area contributed by atoms with Crippen molar-refractivity contribution in [1.82, 2.24) is 9.97 Å². The fourth-order valence-corrected chi connectivity index (χ4v) is 4.92. The number of fused-ring (bicyclic) bond motifs is 1. The smallest absolute Gasteiger partial charge is 0.229 e. The number of nitrogens with zero attached hydrogens (tertiary/aromatic N) is 2. The van der Waals surface area contributed by atoms with Gasteiger partial charge in [-0.3, -0.25) is 9.78 Å². The van der Waals surface area contributed by atoms with Gasteiger partial charge in [-0.15, -0.1) is 11.3 Å². The molecule has 1 fully saturated rings. The van der Waals surface area contributed by atoms with E-state index < -0.39 is 0 Å². The second kappa shape index (κ2) is 6.63. The summed E-state index contributed by atoms with van der Waals surface area (Å²) in [6.07, 6.45) is 10.5. The van der Waals surface area contributed by atoms with Crippen molar-refractivity contribution in [1.29, 1.82) is 0 Å². The van der Waals surface area contributed by atoms with Gasteiger partial charge in [-0.2, -0.15) is 0 Å². The van der Waals surface area contributed by atoms with Gasteiger partial charge in [-0.05, 0) is 49.1 Å². The third kappa shape index (κ3) is 3.22. The van der Waals surface area contributed by atoms with E-state index in [1.807, 2.05) is 12.3 Å². The van der Waals surface area contributed by atoms with Crippen LogP contribution in [0.1, 0.15) is 54.7 Å². The number of pyridine rings is 1. The highest BCUT2D eigenvalue weighted by Gasteiger charge is 2.44. The van der Waals surface area contributed by atoms with Crippen LogP contribution in [0, 0.1) is 11.8 Å². The van der Waals surface area contributed by atoms with Gasteiger partial charge in [0.15, 0.2) is 5.13 Å². The van der Waals surface area contributed by atoms with Gasteiger partial charge in [-0.1, -0.05) is 25.8 Å². The zero-order valence-corrected chi connectivity index (χ0v) is 14.8. The largest absolute Gasteiger partial charge is 0.302 e. The minimum Gasteiger partial charge on any atom is -0.302 e. The van der Waals surface area contributed by atoms with Gasteiger partial charge in [0.05, 0.1) is 5.69 Å². The second-order valence-corrected chi connectivity index (χ2v) is 8.09. The molecule has 0 unspecified atom stereocenters. The summed E-state index contributed by atoms with van der Waals surface area (Å²) in [4.78, 5) is 22.7. The van der Waals surface area contributed by atoms with E-state index in [2.05, 4.69) is 28.3 Å². The second-order valence-electron chi connectivity index (χ2n) is 7.01. The number of rotatable bonds is 5. The van der Waals surface area contributed by atoms with Crippen LogP contribution in [0.3, 0.4) is 0 Å². The van der Waals surface area contributed by atoms with Gasteiger partial charge in [0.1, 0.15) is 0 Å². The third-order valence-electron chi connectivity index (χ3n) is 5.21. The van der Waals surface area contributed by atoms with Crippen LogP contribution in [-0.4, -0.2) is 15.9 Å². The number of carbonyl (C=O) groups excluding carboxylic acids is 1. The number of hydrogen-bond donors (Lipinski definition) is 1. The number of anilines is 1. The third-order valence-corrected chi connectivity index (χ3v) is 6.24. The van der Waals surface area contributed by atoms with Crippen LogP contribution in [-0.2, 0) is 17.6 Å². The van der Waals surface area contributed by atoms with Crippen LogP contribution in [0.25, 0.3) is 0 Å². The minimum atomic E-state index is 0.0722. The van der Waals surface area contributed by atoms with Gasteiger partial charge in [0, 0.05) is 23.2 Å². The number of aromatic nitrogens is 2. The summed E-state index contributed by atoms with van der Waals surface area (Å²) in [5.74, 6) is 1.30. The normalized spacial score (nSPS) is 25.1. The summed E-state index contributed by atoms with van der Waals surface area (Å²) < 4.78 is 0. The fraction of sp³-hybridized carbons (Fsp3) is 0.526. The van der Waals surface area contributed by atoms with E-state index in [1.54, 1.807) is 17.5 Å². The molecule has 126 valence electrons. The van der Waals surface area contributed by atoms with Gasteiger partial charge >= 0.3 is 0 Å². The topological polar surface area (TPSA) is 54.9 Å². The highest BCUT2D eigenvalue weighted by Crippen LogP contribution is 2.48. The van der Waals surface area contributed by atoms with Crippen molar-refractivity contribution in [3.8, 4) is 0 Å². The molecule has 0 spiro atoms. The Morgan fingerprint density at radius 1 is 1.46 bits per heavy atom. The molecule has 2 aromatic heterocycles. The van der Waals surface area contributed by atoms with E-state index >= 15 is 0 Å². The first-order chi connectivity index (χ1) is 11.7. The number of aryl methyl sites for hydroxylation is 1. The summed E-state index contributed by atoms with van der Waals surface area (Å²) in [5, 5.41) is 3.85. The summed E-state index contributed by atoms with van der Waals surface area (Å²) in [7, 11) is 0. The quantitative estimate of drug-likeness (QED) is 0.887. The molecule has 1 N–H and O–H groups in total. The average molecular weight is 341 g/mol. The van der Waals surface area contributed by atoms with Crippen molar-refractivity contribution in [2.24, 2.45) is 11.8 Å². The predicted molar refractivity (Wildman–Crippen MR) is 96.3 cm³/mol. The van der Waals surface area contributed by atoms with Crippen molar-refractivity contribution < 1.29 is 4.79 Å². The molecule has 2 aliphatic rings. The molecule has 2 aliphatic carbocycles. The fourth-order valence-electron chi connectivity index (χ4n) is 3.80. The van der Waals surface area contributed by atoms with Gasteiger partial charge < -0.3 is 5.32 Å². The minimum absolute atomic E-state index is 0.0722. The molecule has 2 aromatic rings. The zero-order chi connectivity index (χ0) is 16.5. The van der Waals surface area contributed by atoms with Crippen LogP contribution < -0.4 is 5.32 Å². The van der Waals surface area contributed by atoms with Crippen molar-refractivity contribution in [2.75, 3.05) is 5.32 Å². The molecule has 0 saturated heterocycles. The maximum absolute atomic E-state index is 12.5. The highest BCUT2D eigenvalue weighted by atomic mass is 32.1. The maximum atomic E-state index is 12.5. The van der Waals surface area contributed by atoms with Crippen molar-refractivity contribution in [2.45, 2.75) is 51.4 Å². The Hall–Kier alpha value is -1.75. The molecule has 0 bridgehead atoms. The lowest BCUT2D eigenvalue weighted by Crippen LogP contribution is -2.14. The SMILES string of the molecule is CCC[C@@H]1CCc2nc(NC(=O)[C@H]3C[C@@H]3c3cccnc3)sc2C1.